The monoisotopic (exact) mass is 304 g/mol. The molecule has 2 aliphatic heterocycles. The molecule has 0 radical (unpaired) electrons. The van der Waals surface area contributed by atoms with Crippen molar-refractivity contribution in [1.29, 1.82) is 0 Å². The van der Waals surface area contributed by atoms with Gasteiger partial charge >= 0.3 is 0 Å². The lowest BCUT2D eigenvalue weighted by Crippen LogP contribution is -2.49. The maximum atomic E-state index is 12.5. The molecular weight excluding hydrogens is 280 g/mol. The van der Waals surface area contributed by atoms with Crippen LogP contribution in [-0.2, 0) is 0 Å². The first kappa shape index (κ1) is 15.2. The number of aromatic nitrogens is 1. The zero-order valence-electron chi connectivity index (χ0n) is 12.9. The fourth-order valence-corrected chi connectivity index (χ4v) is 3.14. The molecule has 1 aromatic heterocycles. The Morgan fingerprint density at radius 3 is 2.41 bits per heavy atom. The molecule has 2 fully saturated rings. The van der Waals surface area contributed by atoms with Crippen molar-refractivity contribution >= 4 is 11.7 Å². The van der Waals surface area contributed by atoms with Crippen molar-refractivity contribution in [3.8, 4) is 0 Å². The van der Waals surface area contributed by atoms with Crippen molar-refractivity contribution in [3.05, 3.63) is 23.9 Å². The van der Waals surface area contributed by atoms with Gasteiger partial charge in [-0.1, -0.05) is 0 Å². The van der Waals surface area contributed by atoms with Crippen LogP contribution >= 0.6 is 0 Å². The van der Waals surface area contributed by atoms with Crippen LogP contribution < -0.4 is 4.90 Å². The Kier molecular flexibility index (Phi) is 4.90. The van der Waals surface area contributed by atoms with Crippen LogP contribution in [0.2, 0.25) is 0 Å². The minimum atomic E-state index is 0.0594. The van der Waals surface area contributed by atoms with Gasteiger partial charge in [-0.2, -0.15) is 0 Å². The highest BCUT2D eigenvalue weighted by Gasteiger charge is 2.22. The van der Waals surface area contributed by atoms with E-state index in [1.165, 1.54) is 12.8 Å². The summed E-state index contributed by atoms with van der Waals surface area (Å²) in [7, 11) is 0. The number of carbonyl (C=O) groups is 1. The molecular formula is C16H24N4O2. The Morgan fingerprint density at radius 1 is 1.09 bits per heavy atom. The van der Waals surface area contributed by atoms with Gasteiger partial charge in [0.05, 0.1) is 12.2 Å². The average Bonchev–Trinajstić information content (AvgIpc) is 3.10. The predicted octanol–water partition coefficient (Wildman–Crippen LogP) is 0.432. The summed E-state index contributed by atoms with van der Waals surface area (Å²) in [6, 6.07) is 3.85. The number of anilines is 1. The second kappa shape index (κ2) is 7.07. The Balaban J connectivity index is 1.58. The highest BCUT2D eigenvalue weighted by Crippen LogP contribution is 2.18. The summed E-state index contributed by atoms with van der Waals surface area (Å²) in [5.74, 6) is 1.03. The summed E-state index contributed by atoms with van der Waals surface area (Å²) in [5.41, 5.74) is 0.665. The number of aliphatic hydroxyl groups excluding tert-OH is 1. The van der Waals surface area contributed by atoms with Crippen molar-refractivity contribution in [2.24, 2.45) is 0 Å². The summed E-state index contributed by atoms with van der Waals surface area (Å²) in [5, 5.41) is 8.95. The number of aliphatic hydroxyl groups is 1. The molecule has 0 atom stereocenters. The summed E-state index contributed by atoms with van der Waals surface area (Å²) in [4.78, 5) is 23.3. The van der Waals surface area contributed by atoms with E-state index in [1.54, 1.807) is 6.20 Å². The van der Waals surface area contributed by atoms with Gasteiger partial charge in [0.15, 0.2) is 0 Å². The van der Waals surface area contributed by atoms with E-state index in [0.29, 0.717) is 25.2 Å². The number of piperazine rings is 1. The number of rotatable bonds is 4. The quantitative estimate of drug-likeness (QED) is 0.874. The standard InChI is InChI=1S/C16H24N4O2/c21-12-11-18-7-9-20(10-8-18)16(22)14-3-4-15(17-13-14)19-5-1-2-6-19/h3-4,13,21H,1-2,5-12H2. The fourth-order valence-electron chi connectivity index (χ4n) is 3.14. The topological polar surface area (TPSA) is 59.9 Å². The second-order valence-corrected chi connectivity index (χ2v) is 5.96. The Hall–Kier alpha value is -1.66. The molecule has 1 amide bonds. The minimum Gasteiger partial charge on any atom is -0.395 e. The lowest BCUT2D eigenvalue weighted by Gasteiger charge is -2.34. The number of nitrogens with zero attached hydrogens (tertiary/aromatic N) is 4. The van der Waals surface area contributed by atoms with Crippen LogP contribution in [0.4, 0.5) is 5.82 Å². The number of hydrogen-bond donors (Lipinski definition) is 1. The first-order valence-corrected chi connectivity index (χ1v) is 8.11. The number of hydrogen-bond acceptors (Lipinski definition) is 5. The lowest BCUT2D eigenvalue weighted by molar-refractivity contribution is 0.0614. The summed E-state index contributed by atoms with van der Waals surface area (Å²) in [6.45, 7) is 6.07. The second-order valence-electron chi connectivity index (χ2n) is 5.96. The van der Waals surface area contributed by atoms with Crippen molar-refractivity contribution in [2.45, 2.75) is 12.8 Å². The highest BCUT2D eigenvalue weighted by molar-refractivity contribution is 5.94. The zero-order chi connectivity index (χ0) is 15.4. The first-order chi connectivity index (χ1) is 10.8. The molecule has 0 unspecified atom stereocenters. The van der Waals surface area contributed by atoms with Crippen LogP contribution in [0.5, 0.6) is 0 Å². The third kappa shape index (κ3) is 3.39. The van der Waals surface area contributed by atoms with Crippen molar-refractivity contribution in [2.75, 3.05) is 57.3 Å². The number of pyridine rings is 1. The number of β-amino-alcohol motifs (C(OH)–C–C–N with tert-alkyl or cyclic N) is 1. The van der Waals surface area contributed by atoms with E-state index in [1.807, 2.05) is 17.0 Å². The molecule has 0 spiro atoms. The van der Waals surface area contributed by atoms with Crippen LogP contribution in [0.1, 0.15) is 23.2 Å². The lowest BCUT2D eigenvalue weighted by atomic mass is 10.2. The van der Waals surface area contributed by atoms with E-state index >= 15 is 0 Å². The average molecular weight is 304 g/mol. The van der Waals surface area contributed by atoms with Gasteiger partial charge in [-0.3, -0.25) is 9.69 Å². The molecule has 1 N–H and O–H groups in total. The molecule has 2 saturated heterocycles. The van der Waals surface area contributed by atoms with Gasteiger partial charge in [0, 0.05) is 52.0 Å². The number of amides is 1. The van der Waals surface area contributed by atoms with Gasteiger partial charge < -0.3 is 14.9 Å². The maximum Gasteiger partial charge on any atom is 0.255 e. The first-order valence-electron chi connectivity index (χ1n) is 8.11. The molecule has 3 heterocycles. The fraction of sp³-hybridized carbons (Fsp3) is 0.625. The van der Waals surface area contributed by atoms with Crippen molar-refractivity contribution in [1.82, 2.24) is 14.8 Å². The van der Waals surface area contributed by atoms with Crippen molar-refractivity contribution < 1.29 is 9.90 Å². The van der Waals surface area contributed by atoms with Gasteiger partial charge in [0.2, 0.25) is 0 Å². The Morgan fingerprint density at radius 2 is 1.82 bits per heavy atom. The molecule has 3 rings (SSSR count). The minimum absolute atomic E-state index is 0.0594. The molecule has 120 valence electrons. The molecule has 0 aromatic carbocycles. The molecule has 6 nitrogen and oxygen atoms in total. The van der Waals surface area contributed by atoms with E-state index in [2.05, 4.69) is 14.8 Å². The van der Waals surface area contributed by atoms with E-state index in [4.69, 9.17) is 5.11 Å². The molecule has 0 aliphatic carbocycles. The van der Waals surface area contributed by atoms with Crippen LogP contribution in [0.3, 0.4) is 0 Å². The van der Waals surface area contributed by atoms with Crippen molar-refractivity contribution in [3.63, 3.8) is 0 Å². The van der Waals surface area contributed by atoms with Gasteiger partial charge in [0.1, 0.15) is 5.82 Å². The van der Waals surface area contributed by atoms with Crippen LogP contribution in [-0.4, -0.2) is 78.2 Å². The maximum absolute atomic E-state index is 12.5. The van der Waals surface area contributed by atoms with Crippen LogP contribution in [0.15, 0.2) is 18.3 Å². The molecule has 22 heavy (non-hydrogen) atoms. The summed E-state index contributed by atoms with van der Waals surface area (Å²) < 4.78 is 0. The van der Waals surface area contributed by atoms with Crippen LogP contribution in [0.25, 0.3) is 0 Å². The Bertz CT molecular complexity index is 491. The van der Waals surface area contributed by atoms with Crippen LogP contribution in [0, 0.1) is 0 Å². The predicted molar refractivity (Wildman–Crippen MR) is 85.1 cm³/mol. The van der Waals surface area contributed by atoms with Gasteiger partial charge in [-0.05, 0) is 25.0 Å². The number of carbonyl (C=O) groups excluding carboxylic acids is 1. The van der Waals surface area contributed by atoms with Gasteiger partial charge in [0.25, 0.3) is 5.91 Å². The summed E-state index contributed by atoms with van der Waals surface area (Å²) in [6.07, 6.45) is 4.15. The Labute approximate surface area is 131 Å². The molecule has 0 bridgehead atoms. The zero-order valence-corrected chi connectivity index (χ0v) is 12.9. The SMILES string of the molecule is O=C(c1ccc(N2CCCC2)nc1)N1CCN(CCO)CC1. The van der Waals surface area contributed by atoms with Gasteiger partial charge in [-0.25, -0.2) is 4.98 Å². The molecule has 2 aliphatic rings. The highest BCUT2D eigenvalue weighted by atomic mass is 16.3. The van der Waals surface area contributed by atoms with E-state index in [-0.39, 0.29) is 12.5 Å². The largest absolute Gasteiger partial charge is 0.395 e. The molecule has 1 aromatic rings. The van der Waals surface area contributed by atoms with E-state index in [0.717, 1.165) is 32.0 Å². The van der Waals surface area contributed by atoms with E-state index in [9.17, 15) is 4.79 Å². The molecule has 0 saturated carbocycles. The van der Waals surface area contributed by atoms with E-state index < -0.39 is 0 Å². The third-order valence-electron chi connectivity index (χ3n) is 4.50. The summed E-state index contributed by atoms with van der Waals surface area (Å²) >= 11 is 0. The third-order valence-corrected chi connectivity index (χ3v) is 4.50. The molecule has 6 heteroatoms. The smallest absolute Gasteiger partial charge is 0.255 e. The normalized spacial score (nSPS) is 19.7. The van der Waals surface area contributed by atoms with Gasteiger partial charge in [-0.15, -0.1) is 0 Å².